The number of rotatable bonds is 2. The summed E-state index contributed by atoms with van der Waals surface area (Å²) < 4.78 is 0. The molecule has 3 nitrogen and oxygen atoms in total. The van der Waals surface area contributed by atoms with Crippen molar-refractivity contribution in [2.24, 2.45) is 5.73 Å². The minimum absolute atomic E-state index is 0.396. The van der Waals surface area contributed by atoms with Crippen molar-refractivity contribution in [3.05, 3.63) is 28.1 Å². The number of carbonyl (C=O) groups excluding carboxylic acids is 1. The average Bonchev–Trinajstić information content (AvgIpc) is 2.11. The molecule has 0 saturated carbocycles. The third-order valence-corrected chi connectivity index (χ3v) is 2.13. The van der Waals surface area contributed by atoms with Gasteiger partial charge in [0, 0.05) is 22.2 Å². The normalized spacial score (nSPS) is 11.6. The highest BCUT2D eigenvalue weighted by Crippen LogP contribution is 1.94. The van der Waals surface area contributed by atoms with Crippen molar-refractivity contribution in [2.45, 2.75) is 0 Å². The molecule has 14 heavy (non-hydrogen) atoms. The van der Waals surface area contributed by atoms with Crippen molar-refractivity contribution in [3.8, 4) is 0 Å². The maximum Gasteiger partial charge on any atom is 0.249 e. The van der Waals surface area contributed by atoms with Crippen LogP contribution in [0.4, 0.5) is 5.69 Å². The molecule has 0 spiro atoms. The Morgan fingerprint density at radius 2 is 2.21 bits per heavy atom. The van der Waals surface area contributed by atoms with Gasteiger partial charge in [0.25, 0.3) is 0 Å². The van der Waals surface area contributed by atoms with E-state index in [0.717, 1.165) is 5.22 Å². The smallest absolute Gasteiger partial charge is 0.249 e. The first-order valence-electron chi connectivity index (χ1n) is 4.06. The van der Waals surface area contributed by atoms with E-state index >= 15 is 0 Å². The van der Waals surface area contributed by atoms with Crippen LogP contribution in [0.15, 0.2) is 12.1 Å². The van der Waals surface area contributed by atoms with Crippen LogP contribution in [0, 0.1) is 0 Å². The lowest BCUT2D eigenvalue weighted by molar-refractivity contribution is 0.0999. The summed E-state index contributed by atoms with van der Waals surface area (Å²) in [6.07, 6.45) is 1.80. The van der Waals surface area contributed by atoms with Crippen molar-refractivity contribution in [2.75, 3.05) is 11.5 Å². The van der Waals surface area contributed by atoms with Crippen LogP contribution >= 0.6 is 12.6 Å². The van der Waals surface area contributed by atoms with Crippen LogP contribution in [-0.4, -0.2) is 11.7 Å². The Kier molecular flexibility index (Phi) is 3.19. The Balaban J connectivity index is 3.59. The van der Waals surface area contributed by atoms with Crippen molar-refractivity contribution < 1.29 is 4.79 Å². The first kappa shape index (κ1) is 10.7. The van der Waals surface area contributed by atoms with E-state index in [9.17, 15) is 4.79 Å². The molecule has 0 saturated heterocycles. The molecule has 4 N–H and O–H groups in total. The van der Waals surface area contributed by atoms with Gasteiger partial charge in [0.05, 0.1) is 0 Å². The van der Waals surface area contributed by atoms with E-state index in [0.29, 0.717) is 22.2 Å². The van der Waals surface area contributed by atoms with Crippen LogP contribution in [0.3, 0.4) is 0 Å². The van der Waals surface area contributed by atoms with Gasteiger partial charge in [-0.1, -0.05) is 12.7 Å². The average molecular weight is 208 g/mol. The lowest BCUT2D eigenvalue weighted by Crippen LogP contribution is -2.34. The van der Waals surface area contributed by atoms with Crippen LogP contribution in [0.5, 0.6) is 0 Å². The highest BCUT2D eigenvalue weighted by Gasteiger charge is 2.03. The monoisotopic (exact) mass is 208 g/mol. The summed E-state index contributed by atoms with van der Waals surface area (Å²) >= 11 is 4.06. The molecule has 1 rings (SSSR count). The Labute approximate surface area is 87.5 Å². The maximum absolute atomic E-state index is 11.0. The SMILES string of the molecule is C=c1c(C(N)=O)ccc(N)/c1=C\CS. The van der Waals surface area contributed by atoms with Crippen molar-refractivity contribution in [1.29, 1.82) is 0 Å². The predicted molar refractivity (Wildman–Crippen MR) is 62.5 cm³/mol. The van der Waals surface area contributed by atoms with E-state index in [1.54, 1.807) is 18.2 Å². The fourth-order valence-corrected chi connectivity index (χ4v) is 1.43. The summed E-state index contributed by atoms with van der Waals surface area (Å²) in [6, 6.07) is 3.22. The molecule has 0 atom stereocenters. The number of thiol groups is 1. The van der Waals surface area contributed by atoms with Crippen LogP contribution in [-0.2, 0) is 0 Å². The fraction of sp³-hybridized carbons (Fsp3) is 0.100. The van der Waals surface area contributed by atoms with Gasteiger partial charge in [0.1, 0.15) is 0 Å². The number of anilines is 1. The van der Waals surface area contributed by atoms with E-state index in [-0.39, 0.29) is 0 Å². The van der Waals surface area contributed by atoms with Gasteiger partial charge in [0.2, 0.25) is 5.91 Å². The lowest BCUT2D eigenvalue weighted by atomic mass is 10.1. The molecule has 74 valence electrons. The number of nitrogen functional groups attached to an aromatic ring is 1. The van der Waals surface area contributed by atoms with Crippen LogP contribution in [0.25, 0.3) is 12.7 Å². The fourth-order valence-electron chi connectivity index (χ4n) is 1.25. The minimum atomic E-state index is -0.496. The van der Waals surface area contributed by atoms with E-state index in [2.05, 4.69) is 19.2 Å². The van der Waals surface area contributed by atoms with E-state index in [1.165, 1.54) is 0 Å². The van der Waals surface area contributed by atoms with Gasteiger partial charge in [-0.3, -0.25) is 4.79 Å². The molecule has 0 fully saturated rings. The van der Waals surface area contributed by atoms with Gasteiger partial charge < -0.3 is 11.5 Å². The Morgan fingerprint density at radius 3 is 2.71 bits per heavy atom. The van der Waals surface area contributed by atoms with E-state index in [4.69, 9.17) is 11.5 Å². The predicted octanol–water partition coefficient (Wildman–Crippen LogP) is -0.512. The molecule has 0 aliphatic heterocycles. The maximum atomic E-state index is 11.0. The first-order valence-corrected chi connectivity index (χ1v) is 4.69. The zero-order valence-electron chi connectivity index (χ0n) is 7.66. The summed E-state index contributed by atoms with van der Waals surface area (Å²) in [6.45, 7) is 3.78. The van der Waals surface area contributed by atoms with Gasteiger partial charge in [-0.05, 0) is 17.4 Å². The summed E-state index contributed by atoms with van der Waals surface area (Å²) in [5.74, 6) is 0.0402. The largest absolute Gasteiger partial charge is 0.398 e. The summed E-state index contributed by atoms with van der Waals surface area (Å²) in [5.41, 5.74) is 11.9. The third-order valence-electron chi connectivity index (χ3n) is 1.95. The number of hydrogen-bond donors (Lipinski definition) is 3. The number of hydrogen-bond acceptors (Lipinski definition) is 3. The molecule has 1 aromatic carbocycles. The summed E-state index contributed by atoms with van der Waals surface area (Å²) in [4.78, 5) is 11.0. The second-order valence-electron chi connectivity index (χ2n) is 2.85. The van der Waals surface area contributed by atoms with Gasteiger partial charge in [-0.25, -0.2) is 0 Å². The van der Waals surface area contributed by atoms with E-state index in [1.807, 2.05) is 0 Å². The van der Waals surface area contributed by atoms with E-state index < -0.39 is 5.91 Å². The molecule has 0 aliphatic rings. The minimum Gasteiger partial charge on any atom is -0.398 e. The van der Waals surface area contributed by atoms with Gasteiger partial charge >= 0.3 is 0 Å². The van der Waals surface area contributed by atoms with Crippen LogP contribution < -0.4 is 21.9 Å². The highest BCUT2D eigenvalue weighted by molar-refractivity contribution is 7.80. The highest BCUT2D eigenvalue weighted by atomic mass is 32.1. The third kappa shape index (κ3) is 1.90. The number of benzene rings is 1. The Hall–Kier alpha value is -1.42. The second-order valence-corrected chi connectivity index (χ2v) is 3.21. The van der Waals surface area contributed by atoms with Crippen molar-refractivity contribution in [1.82, 2.24) is 0 Å². The molecule has 1 aromatic rings. The Bertz CT molecular complexity index is 468. The number of nitrogens with two attached hydrogens (primary N) is 2. The van der Waals surface area contributed by atoms with Crippen molar-refractivity contribution in [3.63, 3.8) is 0 Å². The molecule has 0 unspecified atom stereocenters. The van der Waals surface area contributed by atoms with Gasteiger partial charge in [0.15, 0.2) is 0 Å². The molecule has 0 bridgehead atoms. The van der Waals surface area contributed by atoms with Gasteiger partial charge in [-0.15, -0.1) is 0 Å². The van der Waals surface area contributed by atoms with Gasteiger partial charge in [-0.2, -0.15) is 12.6 Å². The zero-order valence-corrected chi connectivity index (χ0v) is 8.55. The standard InChI is InChI=1S/C10H12N2OS/c1-6-7(4-5-14)9(11)3-2-8(6)10(12)13/h2-4,14H,1,5,11H2,(H2,12,13)/b7-4-. The Morgan fingerprint density at radius 1 is 1.57 bits per heavy atom. The molecule has 0 aromatic heterocycles. The molecule has 4 heteroatoms. The quantitative estimate of drug-likeness (QED) is 0.452. The number of primary amides is 1. The van der Waals surface area contributed by atoms with Crippen LogP contribution in [0.1, 0.15) is 10.4 Å². The molecule has 1 amide bonds. The number of carbonyl (C=O) groups is 1. The molecular weight excluding hydrogens is 196 g/mol. The number of amides is 1. The topological polar surface area (TPSA) is 69.1 Å². The summed E-state index contributed by atoms with van der Waals surface area (Å²) in [7, 11) is 0. The summed E-state index contributed by atoms with van der Waals surface area (Å²) in [5, 5.41) is 1.29. The van der Waals surface area contributed by atoms with Crippen LogP contribution in [0.2, 0.25) is 0 Å². The second kappa shape index (κ2) is 4.19. The molecule has 0 radical (unpaired) electrons. The molecule has 0 heterocycles. The van der Waals surface area contributed by atoms with Crippen molar-refractivity contribution >= 4 is 36.9 Å². The lowest BCUT2D eigenvalue weighted by Gasteiger charge is -2.00. The molecule has 0 aliphatic carbocycles. The zero-order chi connectivity index (χ0) is 10.7. The molecular formula is C10H12N2OS. The first-order chi connectivity index (χ1) is 6.57.